The van der Waals surface area contributed by atoms with Crippen molar-refractivity contribution in [1.82, 2.24) is 15.5 Å². The maximum atomic E-state index is 12.3. The van der Waals surface area contributed by atoms with Gasteiger partial charge in [0, 0.05) is 13.1 Å². The molecule has 1 unspecified atom stereocenters. The fourth-order valence-electron chi connectivity index (χ4n) is 2.18. The summed E-state index contributed by atoms with van der Waals surface area (Å²) in [5, 5.41) is 5.94. The molecule has 1 fully saturated rings. The van der Waals surface area contributed by atoms with Crippen LogP contribution in [-0.2, 0) is 9.59 Å². The van der Waals surface area contributed by atoms with E-state index in [1.54, 1.807) is 4.90 Å². The highest BCUT2D eigenvalue weighted by atomic mass is 16.2. The second kappa shape index (κ2) is 6.00. The summed E-state index contributed by atoms with van der Waals surface area (Å²) in [6.45, 7) is 7.88. The third kappa shape index (κ3) is 3.43. The Balaban J connectivity index is 2.60. The smallest absolute Gasteiger partial charge is 0.243 e. The summed E-state index contributed by atoms with van der Waals surface area (Å²) in [6.07, 6.45) is 1.86. The van der Waals surface area contributed by atoms with Gasteiger partial charge in [-0.3, -0.25) is 9.59 Å². The molecule has 0 radical (unpaired) electrons. The molecule has 0 spiro atoms. The van der Waals surface area contributed by atoms with Crippen LogP contribution in [0, 0.1) is 0 Å². The minimum absolute atomic E-state index is 0.0313. The monoisotopic (exact) mass is 241 g/mol. The maximum absolute atomic E-state index is 12.3. The molecule has 1 atom stereocenters. The first-order chi connectivity index (χ1) is 8.03. The lowest BCUT2D eigenvalue weighted by Crippen LogP contribution is -2.54. The molecule has 1 heterocycles. The van der Waals surface area contributed by atoms with E-state index in [0.717, 1.165) is 19.4 Å². The fourth-order valence-corrected chi connectivity index (χ4v) is 2.18. The third-order valence-electron chi connectivity index (χ3n) is 3.22. The van der Waals surface area contributed by atoms with Crippen molar-refractivity contribution in [2.45, 2.75) is 39.2 Å². The number of hydrogen-bond donors (Lipinski definition) is 2. The number of hydrogen-bond acceptors (Lipinski definition) is 3. The van der Waals surface area contributed by atoms with Crippen molar-refractivity contribution < 1.29 is 9.59 Å². The highest BCUT2D eigenvalue weighted by Gasteiger charge is 2.38. The van der Waals surface area contributed by atoms with Crippen LogP contribution in [0.5, 0.6) is 0 Å². The predicted octanol–water partition coefficient (Wildman–Crippen LogP) is 0.113. The van der Waals surface area contributed by atoms with Gasteiger partial charge in [0.2, 0.25) is 11.8 Å². The topological polar surface area (TPSA) is 61.4 Å². The zero-order valence-corrected chi connectivity index (χ0v) is 11.0. The van der Waals surface area contributed by atoms with Gasteiger partial charge in [0.1, 0.15) is 0 Å². The van der Waals surface area contributed by atoms with Gasteiger partial charge >= 0.3 is 0 Å². The molecule has 0 saturated carbocycles. The molecular formula is C12H23N3O2. The Hall–Kier alpha value is -1.10. The van der Waals surface area contributed by atoms with E-state index >= 15 is 0 Å². The molecular weight excluding hydrogens is 218 g/mol. The van der Waals surface area contributed by atoms with Crippen LogP contribution >= 0.6 is 0 Å². The molecule has 1 aliphatic rings. The molecule has 0 aromatic rings. The fraction of sp³-hybridized carbons (Fsp3) is 0.833. The van der Waals surface area contributed by atoms with Gasteiger partial charge in [-0.25, -0.2) is 0 Å². The zero-order chi connectivity index (χ0) is 12.9. The van der Waals surface area contributed by atoms with Crippen LogP contribution in [0.1, 0.15) is 33.6 Å². The van der Waals surface area contributed by atoms with Crippen molar-refractivity contribution in [3.63, 3.8) is 0 Å². The summed E-state index contributed by atoms with van der Waals surface area (Å²) in [7, 11) is 0. The van der Waals surface area contributed by atoms with Crippen molar-refractivity contribution in [3.05, 3.63) is 0 Å². The normalized spacial score (nSPS) is 23.5. The van der Waals surface area contributed by atoms with Crippen LogP contribution < -0.4 is 10.6 Å². The molecule has 98 valence electrons. The van der Waals surface area contributed by atoms with E-state index in [0.29, 0.717) is 13.1 Å². The zero-order valence-electron chi connectivity index (χ0n) is 11.0. The minimum Gasteiger partial charge on any atom is -0.355 e. The first kappa shape index (κ1) is 14.0. The first-order valence-corrected chi connectivity index (χ1v) is 6.34. The van der Waals surface area contributed by atoms with Crippen LogP contribution in [0.3, 0.4) is 0 Å². The maximum Gasteiger partial charge on any atom is 0.243 e. The highest BCUT2D eigenvalue weighted by molar-refractivity contribution is 5.90. The molecule has 1 rings (SSSR count). The average Bonchev–Trinajstić information content (AvgIpc) is 2.74. The van der Waals surface area contributed by atoms with Crippen LogP contribution in [0.15, 0.2) is 0 Å². The van der Waals surface area contributed by atoms with Gasteiger partial charge < -0.3 is 15.5 Å². The molecule has 0 bridgehead atoms. The third-order valence-corrected chi connectivity index (χ3v) is 3.22. The Kier molecular flexibility index (Phi) is 4.93. The summed E-state index contributed by atoms with van der Waals surface area (Å²) in [5.41, 5.74) is -0.484. The van der Waals surface area contributed by atoms with E-state index in [-0.39, 0.29) is 18.4 Å². The number of nitrogens with zero attached hydrogens (tertiary/aromatic N) is 1. The lowest BCUT2D eigenvalue weighted by Gasteiger charge is -2.30. The van der Waals surface area contributed by atoms with Crippen molar-refractivity contribution in [3.8, 4) is 0 Å². The standard InChI is InChI=1S/C12H23N3O2/c1-4-13-10(16)9-15(5-2)11(17)12(3)7-6-8-14-12/h14H,4-9H2,1-3H3,(H,13,16). The van der Waals surface area contributed by atoms with Gasteiger partial charge in [0.25, 0.3) is 0 Å². The lowest BCUT2D eigenvalue weighted by atomic mass is 9.98. The minimum atomic E-state index is -0.484. The molecule has 5 heteroatoms. The molecule has 2 N–H and O–H groups in total. The number of likely N-dealkylation sites (N-methyl/N-ethyl adjacent to an activating group) is 2. The number of amides is 2. The van der Waals surface area contributed by atoms with Gasteiger partial charge in [0.05, 0.1) is 12.1 Å². The Labute approximate surface area is 103 Å². The molecule has 1 aliphatic heterocycles. The predicted molar refractivity (Wildman–Crippen MR) is 66.6 cm³/mol. The first-order valence-electron chi connectivity index (χ1n) is 6.34. The van der Waals surface area contributed by atoms with Crippen molar-refractivity contribution in [2.75, 3.05) is 26.2 Å². The summed E-state index contributed by atoms with van der Waals surface area (Å²) < 4.78 is 0. The Morgan fingerprint density at radius 1 is 1.41 bits per heavy atom. The highest BCUT2D eigenvalue weighted by Crippen LogP contribution is 2.21. The lowest BCUT2D eigenvalue weighted by molar-refractivity contribution is -0.140. The summed E-state index contributed by atoms with van der Waals surface area (Å²) in [6, 6.07) is 0. The van der Waals surface area contributed by atoms with Gasteiger partial charge in [-0.2, -0.15) is 0 Å². The van der Waals surface area contributed by atoms with Crippen LogP contribution in [0.2, 0.25) is 0 Å². The summed E-state index contributed by atoms with van der Waals surface area (Å²) >= 11 is 0. The molecule has 17 heavy (non-hydrogen) atoms. The largest absolute Gasteiger partial charge is 0.355 e. The van der Waals surface area contributed by atoms with Crippen LogP contribution in [-0.4, -0.2) is 48.4 Å². The Morgan fingerprint density at radius 2 is 2.12 bits per heavy atom. The van der Waals surface area contributed by atoms with E-state index in [1.165, 1.54) is 0 Å². The number of nitrogens with one attached hydrogen (secondary N) is 2. The molecule has 5 nitrogen and oxygen atoms in total. The van der Waals surface area contributed by atoms with Gasteiger partial charge in [0.15, 0.2) is 0 Å². The molecule has 0 aromatic heterocycles. The van der Waals surface area contributed by atoms with E-state index in [2.05, 4.69) is 10.6 Å². The molecule has 1 saturated heterocycles. The second-order valence-electron chi connectivity index (χ2n) is 4.64. The van der Waals surface area contributed by atoms with E-state index in [9.17, 15) is 9.59 Å². The summed E-state index contributed by atoms with van der Waals surface area (Å²) in [5.74, 6) is -0.0620. The number of carbonyl (C=O) groups excluding carboxylic acids is 2. The Morgan fingerprint density at radius 3 is 2.59 bits per heavy atom. The van der Waals surface area contributed by atoms with E-state index in [1.807, 2.05) is 20.8 Å². The SMILES string of the molecule is CCNC(=O)CN(CC)C(=O)C1(C)CCCN1. The van der Waals surface area contributed by atoms with Gasteiger partial charge in [-0.15, -0.1) is 0 Å². The van der Waals surface area contributed by atoms with Gasteiger partial charge in [-0.05, 0) is 40.2 Å². The van der Waals surface area contributed by atoms with Gasteiger partial charge in [-0.1, -0.05) is 0 Å². The molecule has 2 amide bonds. The van der Waals surface area contributed by atoms with E-state index in [4.69, 9.17) is 0 Å². The van der Waals surface area contributed by atoms with E-state index < -0.39 is 5.54 Å². The van der Waals surface area contributed by atoms with Crippen molar-refractivity contribution >= 4 is 11.8 Å². The number of carbonyl (C=O) groups is 2. The van der Waals surface area contributed by atoms with Crippen LogP contribution in [0.25, 0.3) is 0 Å². The number of rotatable bonds is 5. The van der Waals surface area contributed by atoms with Crippen molar-refractivity contribution in [1.29, 1.82) is 0 Å². The molecule has 0 aliphatic carbocycles. The summed E-state index contributed by atoms with van der Waals surface area (Å²) in [4.78, 5) is 25.4. The second-order valence-corrected chi connectivity index (χ2v) is 4.64. The average molecular weight is 241 g/mol. The Bertz CT molecular complexity index is 285. The molecule has 0 aromatic carbocycles. The van der Waals surface area contributed by atoms with Crippen LogP contribution in [0.4, 0.5) is 0 Å². The quantitative estimate of drug-likeness (QED) is 0.718. The van der Waals surface area contributed by atoms with Crippen molar-refractivity contribution in [2.24, 2.45) is 0 Å².